The van der Waals surface area contributed by atoms with Gasteiger partial charge in [0.1, 0.15) is 5.82 Å². The minimum Gasteiger partial charge on any atom is -0.355 e. The topological polar surface area (TPSA) is 62.2 Å². The molecule has 0 radical (unpaired) electrons. The zero-order valence-electron chi connectivity index (χ0n) is 19.5. The lowest BCUT2D eigenvalue weighted by Crippen LogP contribution is -2.44. The first-order valence-electron chi connectivity index (χ1n) is 12.0. The van der Waals surface area contributed by atoms with Gasteiger partial charge in [-0.15, -0.1) is 0 Å². The predicted octanol–water partition coefficient (Wildman–Crippen LogP) is 4.21. The van der Waals surface area contributed by atoms with Gasteiger partial charge in [-0.05, 0) is 50.7 Å². The maximum Gasteiger partial charge on any atom is 0.227 e. The number of pyridine rings is 1. The summed E-state index contributed by atoms with van der Waals surface area (Å²) >= 11 is 0. The van der Waals surface area contributed by atoms with Gasteiger partial charge in [-0.3, -0.25) is 9.78 Å². The van der Waals surface area contributed by atoms with E-state index < -0.39 is 0 Å². The molecule has 1 aliphatic heterocycles. The number of carbonyl (C=O) groups excluding carboxylic acids is 1. The molecule has 3 aromatic rings. The number of amides is 1. The van der Waals surface area contributed by atoms with Crippen LogP contribution in [-0.4, -0.2) is 45.9 Å². The number of fused-ring (bicyclic) bond motifs is 1. The lowest BCUT2D eigenvalue weighted by Gasteiger charge is -2.35. The van der Waals surface area contributed by atoms with E-state index in [2.05, 4.69) is 22.0 Å². The van der Waals surface area contributed by atoms with E-state index in [9.17, 15) is 4.79 Å². The Morgan fingerprint density at radius 3 is 2.76 bits per heavy atom. The number of nitrogens with zero attached hydrogens (tertiary/aromatic N) is 5. The van der Waals surface area contributed by atoms with E-state index >= 15 is 0 Å². The first kappa shape index (κ1) is 21.6. The maximum atomic E-state index is 13.4. The summed E-state index contributed by atoms with van der Waals surface area (Å²) in [6.07, 6.45) is 6.85. The molecule has 6 heteroatoms. The molecule has 1 aliphatic carbocycles. The first-order chi connectivity index (χ1) is 16.1. The molecule has 33 heavy (non-hydrogen) atoms. The fraction of sp³-hybridized carbons (Fsp3) is 0.407. The van der Waals surface area contributed by atoms with Crippen LogP contribution in [0.4, 0.5) is 5.82 Å². The third-order valence-corrected chi connectivity index (χ3v) is 6.89. The summed E-state index contributed by atoms with van der Waals surface area (Å²) in [5, 5.41) is 0. The number of carbonyl (C=O) groups is 1. The Morgan fingerprint density at radius 2 is 1.94 bits per heavy atom. The van der Waals surface area contributed by atoms with Crippen molar-refractivity contribution in [3.8, 4) is 11.4 Å². The summed E-state index contributed by atoms with van der Waals surface area (Å²) in [5.74, 6) is 2.00. The van der Waals surface area contributed by atoms with Gasteiger partial charge in [-0.1, -0.05) is 36.4 Å². The minimum atomic E-state index is -0.0278. The maximum absolute atomic E-state index is 13.4. The molecule has 1 atom stereocenters. The monoisotopic (exact) mass is 441 g/mol. The summed E-state index contributed by atoms with van der Waals surface area (Å²) < 4.78 is 0. The normalized spacial score (nSPS) is 17.6. The van der Waals surface area contributed by atoms with Crippen molar-refractivity contribution in [2.45, 2.75) is 45.6 Å². The van der Waals surface area contributed by atoms with E-state index in [0.29, 0.717) is 13.1 Å². The third kappa shape index (κ3) is 4.47. The van der Waals surface area contributed by atoms with Crippen molar-refractivity contribution >= 4 is 11.7 Å². The van der Waals surface area contributed by atoms with Crippen molar-refractivity contribution in [3.05, 3.63) is 71.2 Å². The second-order valence-corrected chi connectivity index (χ2v) is 9.26. The van der Waals surface area contributed by atoms with Gasteiger partial charge in [0.05, 0.1) is 18.2 Å². The molecule has 1 unspecified atom stereocenters. The highest BCUT2D eigenvalue weighted by molar-refractivity contribution is 5.79. The van der Waals surface area contributed by atoms with Gasteiger partial charge >= 0.3 is 0 Å². The molecule has 2 aliphatic rings. The molecule has 2 aromatic heterocycles. The fourth-order valence-electron chi connectivity index (χ4n) is 5.06. The van der Waals surface area contributed by atoms with Crippen molar-refractivity contribution in [1.82, 2.24) is 19.9 Å². The van der Waals surface area contributed by atoms with E-state index in [0.717, 1.165) is 67.1 Å². The van der Waals surface area contributed by atoms with Crippen LogP contribution in [0.5, 0.6) is 0 Å². The largest absolute Gasteiger partial charge is 0.355 e. The van der Waals surface area contributed by atoms with Gasteiger partial charge in [-0.25, -0.2) is 9.97 Å². The van der Waals surface area contributed by atoms with Crippen molar-refractivity contribution in [1.29, 1.82) is 0 Å². The second-order valence-electron chi connectivity index (χ2n) is 9.26. The summed E-state index contributed by atoms with van der Waals surface area (Å²) in [6.45, 7) is 4.23. The predicted molar refractivity (Wildman–Crippen MR) is 130 cm³/mol. The Labute approximate surface area is 195 Å². The molecule has 3 heterocycles. The number of aryl methyl sites for hydroxylation is 2. The molecule has 1 amide bonds. The van der Waals surface area contributed by atoms with E-state index in [1.807, 2.05) is 49.2 Å². The molecule has 0 bridgehead atoms. The van der Waals surface area contributed by atoms with Crippen LogP contribution in [0.15, 0.2) is 48.7 Å². The molecule has 0 spiro atoms. The van der Waals surface area contributed by atoms with Gasteiger partial charge in [-0.2, -0.15) is 0 Å². The van der Waals surface area contributed by atoms with E-state index in [-0.39, 0.29) is 11.8 Å². The average Bonchev–Trinajstić information content (AvgIpc) is 3.34. The molecule has 170 valence electrons. The van der Waals surface area contributed by atoms with Gasteiger partial charge in [0.2, 0.25) is 5.91 Å². The summed E-state index contributed by atoms with van der Waals surface area (Å²) in [4.78, 5) is 31.9. The first-order valence-corrected chi connectivity index (χ1v) is 12.0. The van der Waals surface area contributed by atoms with Crippen molar-refractivity contribution < 1.29 is 4.79 Å². The summed E-state index contributed by atoms with van der Waals surface area (Å²) in [6, 6.07) is 14.2. The molecule has 1 fully saturated rings. The zero-order valence-corrected chi connectivity index (χ0v) is 19.5. The lowest BCUT2D eigenvalue weighted by atomic mass is 9.96. The lowest BCUT2D eigenvalue weighted by molar-refractivity contribution is -0.135. The van der Waals surface area contributed by atoms with Crippen molar-refractivity contribution in [2.75, 3.05) is 25.0 Å². The highest BCUT2D eigenvalue weighted by atomic mass is 16.2. The van der Waals surface area contributed by atoms with Gasteiger partial charge in [0.25, 0.3) is 0 Å². The van der Waals surface area contributed by atoms with E-state index in [1.54, 1.807) is 6.20 Å². The Kier molecular flexibility index (Phi) is 6.07. The van der Waals surface area contributed by atoms with Crippen molar-refractivity contribution in [3.63, 3.8) is 0 Å². The minimum absolute atomic E-state index is 0.0278. The highest BCUT2D eigenvalue weighted by Crippen LogP contribution is 2.34. The quantitative estimate of drug-likeness (QED) is 0.594. The van der Waals surface area contributed by atoms with Crippen LogP contribution in [0.2, 0.25) is 0 Å². The van der Waals surface area contributed by atoms with Crippen LogP contribution in [0.3, 0.4) is 0 Å². The molecular formula is C27H31N5O. The number of hydrogen-bond acceptors (Lipinski definition) is 5. The van der Waals surface area contributed by atoms with Crippen LogP contribution in [0, 0.1) is 12.8 Å². The number of piperidine rings is 1. The van der Waals surface area contributed by atoms with E-state index in [1.165, 1.54) is 11.3 Å². The Hall–Kier alpha value is -3.28. The number of rotatable bonds is 5. The smallest absolute Gasteiger partial charge is 0.227 e. The summed E-state index contributed by atoms with van der Waals surface area (Å²) in [7, 11) is 1.89. The average molecular weight is 442 g/mol. The van der Waals surface area contributed by atoms with Crippen LogP contribution >= 0.6 is 0 Å². The zero-order chi connectivity index (χ0) is 22.8. The van der Waals surface area contributed by atoms with Crippen LogP contribution in [0.1, 0.15) is 41.8 Å². The Bertz CT molecular complexity index is 1150. The Morgan fingerprint density at radius 1 is 1.09 bits per heavy atom. The number of aromatic nitrogens is 3. The SMILES string of the molecule is Cc1cccnc1CN(C)C(=O)C1CCCN(c2nc(-c3ccccc3)nc3c2CCC3)C1. The molecule has 1 aromatic carbocycles. The molecule has 6 nitrogen and oxygen atoms in total. The highest BCUT2D eigenvalue weighted by Gasteiger charge is 2.31. The number of hydrogen-bond donors (Lipinski definition) is 0. The fourth-order valence-corrected chi connectivity index (χ4v) is 5.06. The van der Waals surface area contributed by atoms with Gasteiger partial charge < -0.3 is 9.80 Å². The van der Waals surface area contributed by atoms with Crippen LogP contribution in [-0.2, 0) is 24.2 Å². The second kappa shape index (κ2) is 9.30. The Balaban J connectivity index is 1.37. The molecule has 0 N–H and O–H groups in total. The third-order valence-electron chi connectivity index (χ3n) is 6.89. The molecule has 5 rings (SSSR count). The van der Waals surface area contributed by atoms with Crippen LogP contribution in [0.25, 0.3) is 11.4 Å². The van der Waals surface area contributed by atoms with Gasteiger partial charge in [0, 0.05) is 43.2 Å². The number of anilines is 1. The molecule has 0 saturated carbocycles. The summed E-state index contributed by atoms with van der Waals surface area (Å²) in [5.41, 5.74) is 5.58. The van der Waals surface area contributed by atoms with Gasteiger partial charge in [0.15, 0.2) is 5.82 Å². The van der Waals surface area contributed by atoms with Crippen molar-refractivity contribution in [2.24, 2.45) is 5.92 Å². The standard InChI is InChI=1S/C27H31N5O/c1-19-9-7-15-28-24(19)18-31(2)27(33)21-12-8-16-32(17-21)26-22-13-6-14-23(22)29-25(30-26)20-10-4-3-5-11-20/h3-5,7,9-11,15,21H,6,8,12-14,16-18H2,1-2H3. The molecular weight excluding hydrogens is 410 g/mol. The number of benzene rings is 1. The van der Waals surface area contributed by atoms with E-state index in [4.69, 9.17) is 9.97 Å². The van der Waals surface area contributed by atoms with Crippen LogP contribution < -0.4 is 4.90 Å². The molecule has 1 saturated heterocycles.